The zero-order chi connectivity index (χ0) is 19.4. The summed E-state index contributed by atoms with van der Waals surface area (Å²) in [7, 11) is 0. The third kappa shape index (κ3) is 2.88. The molecule has 1 N–H and O–H groups in total. The molecule has 1 aromatic carbocycles. The molecule has 1 fully saturated rings. The van der Waals surface area contributed by atoms with Crippen LogP contribution in [0.3, 0.4) is 0 Å². The third-order valence-electron chi connectivity index (χ3n) is 5.66. The van der Waals surface area contributed by atoms with Crippen LogP contribution in [0.15, 0.2) is 30.5 Å². The van der Waals surface area contributed by atoms with Gasteiger partial charge in [-0.05, 0) is 42.7 Å². The zero-order valence-corrected chi connectivity index (χ0v) is 16.1. The van der Waals surface area contributed by atoms with E-state index in [4.69, 9.17) is 0 Å². The van der Waals surface area contributed by atoms with Crippen molar-refractivity contribution in [2.75, 3.05) is 18.4 Å². The molecule has 0 spiro atoms. The lowest BCUT2D eigenvalue weighted by atomic mass is 10.0. The second kappa shape index (κ2) is 6.41. The number of aryl methyl sites for hydroxylation is 1. The maximum atomic E-state index is 13.5. The number of carbonyl (C=O) groups is 2. The quantitative estimate of drug-likeness (QED) is 0.863. The van der Waals surface area contributed by atoms with Gasteiger partial charge in [-0.1, -0.05) is 6.08 Å². The van der Waals surface area contributed by atoms with Crippen LogP contribution in [-0.2, 0) is 11.3 Å². The van der Waals surface area contributed by atoms with E-state index in [0.717, 1.165) is 11.4 Å². The summed E-state index contributed by atoms with van der Waals surface area (Å²) in [5.74, 6) is -0.0916. The van der Waals surface area contributed by atoms with Gasteiger partial charge in [0.05, 0.1) is 22.5 Å². The SMILES string of the molecule is Cc1ncc(C2=C[C@H]3C[C@@H]2CN3C(=O)CN2Cc3cc(F)ccc3NC2=O)s1. The molecular weight excluding hydrogens is 379 g/mol. The highest BCUT2D eigenvalue weighted by atomic mass is 32.1. The standard InChI is InChI=1S/C20H19FN4O2S/c1-11-22-7-18(28-11)16-6-15-5-12(16)9-25(15)19(26)10-24-8-13-4-14(21)2-3-17(13)23-20(24)27/h2-4,6-7,12,15H,5,8-10H2,1H3,(H,23,27)/t12-,15-/m1/s1. The molecule has 1 saturated heterocycles. The summed E-state index contributed by atoms with van der Waals surface area (Å²) in [6.45, 7) is 2.89. The fourth-order valence-corrected chi connectivity index (χ4v) is 5.21. The molecule has 28 heavy (non-hydrogen) atoms. The molecule has 2 aromatic rings. The molecule has 2 bridgehead atoms. The smallest absolute Gasteiger partial charge is 0.322 e. The molecule has 144 valence electrons. The Hall–Kier alpha value is -2.74. The van der Waals surface area contributed by atoms with E-state index in [2.05, 4.69) is 16.4 Å². The second-order valence-electron chi connectivity index (χ2n) is 7.50. The average molecular weight is 398 g/mol. The number of amides is 3. The van der Waals surface area contributed by atoms with E-state index >= 15 is 0 Å². The van der Waals surface area contributed by atoms with E-state index in [1.165, 1.54) is 27.5 Å². The van der Waals surface area contributed by atoms with Crippen LogP contribution in [0.25, 0.3) is 5.57 Å². The number of nitrogens with one attached hydrogen (secondary N) is 1. The van der Waals surface area contributed by atoms with Gasteiger partial charge in [-0.3, -0.25) is 4.79 Å². The molecule has 1 aliphatic carbocycles. The summed E-state index contributed by atoms with van der Waals surface area (Å²) in [6.07, 6.45) is 5.01. The number of hydrogen-bond acceptors (Lipinski definition) is 4. The van der Waals surface area contributed by atoms with Crippen LogP contribution in [0.2, 0.25) is 0 Å². The van der Waals surface area contributed by atoms with Crippen LogP contribution in [0, 0.1) is 18.7 Å². The largest absolute Gasteiger partial charge is 0.334 e. The van der Waals surface area contributed by atoms with Gasteiger partial charge in [-0.25, -0.2) is 14.2 Å². The molecule has 3 aliphatic rings. The Morgan fingerprint density at radius 1 is 1.43 bits per heavy atom. The number of nitrogens with zero attached hydrogens (tertiary/aromatic N) is 3. The average Bonchev–Trinajstić information content (AvgIpc) is 3.37. The number of fused-ring (bicyclic) bond motifs is 3. The van der Waals surface area contributed by atoms with E-state index in [-0.39, 0.29) is 36.9 Å². The third-order valence-corrected chi connectivity index (χ3v) is 6.63. The highest BCUT2D eigenvalue weighted by Gasteiger charge is 2.42. The molecule has 3 heterocycles. The fourth-order valence-electron chi connectivity index (χ4n) is 4.33. The summed E-state index contributed by atoms with van der Waals surface area (Å²) in [6, 6.07) is 4.01. The highest BCUT2D eigenvalue weighted by molar-refractivity contribution is 7.12. The molecular formula is C20H19FN4O2S. The van der Waals surface area contributed by atoms with Crippen molar-refractivity contribution in [1.29, 1.82) is 0 Å². The van der Waals surface area contributed by atoms with Gasteiger partial charge in [0.15, 0.2) is 0 Å². The summed E-state index contributed by atoms with van der Waals surface area (Å²) in [5, 5.41) is 3.77. The van der Waals surface area contributed by atoms with E-state index < -0.39 is 0 Å². The molecule has 2 atom stereocenters. The normalized spacial score (nSPS) is 22.9. The first-order valence-corrected chi connectivity index (χ1v) is 10.1. The number of benzene rings is 1. The van der Waals surface area contributed by atoms with Crippen LogP contribution >= 0.6 is 11.3 Å². The Bertz CT molecular complexity index is 1020. The molecule has 0 unspecified atom stereocenters. The fraction of sp³-hybridized carbons (Fsp3) is 0.350. The summed E-state index contributed by atoms with van der Waals surface area (Å²) < 4.78 is 13.5. The Balaban J connectivity index is 1.28. The highest BCUT2D eigenvalue weighted by Crippen LogP contribution is 2.43. The van der Waals surface area contributed by atoms with Gasteiger partial charge < -0.3 is 15.1 Å². The monoisotopic (exact) mass is 398 g/mol. The lowest BCUT2D eigenvalue weighted by Crippen LogP contribution is -2.47. The Labute approximate surface area is 165 Å². The van der Waals surface area contributed by atoms with E-state index in [0.29, 0.717) is 23.7 Å². The van der Waals surface area contributed by atoms with Crippen molar-refractivity contribution in [3.05, 3.63) is 51.7 Å². The lowest BCUT2D eigenvalue weighted by Gasteiger charge is -2.32. The Morgan fingerprint density at radius 3 is 3.00 bits per heavy atom. The van der Waals surface area contributed by atoms with Gasteiger partial charge >= 0.3 is 6.03 Å². The number of aromatic nitrogens is 1. The van der Waals surface area contributed by atoms with Gasteiger partial charge in [0, 0.05) is 24.3 Å². The van der Waals surface area contributed by atoms with Crippen LogP contribution < -0.4 is 5.32 Å². The first kappa shape index (κ1) is 17.4. The summed E-state index contributed by atoms with van der Waals surface area (Å²) in [5.41, 5.74) is 2.57. The van der Waals surface area contributed by atoms with Crippen molar-refractivity contribution < 1.29 is 14.0 Å². The lowest BCUT2D eigenvalue weighted by molar-refractivity contribution is -0.132. The van der Waals surface area contributed by atoms with Crippen molar-refractivity contribution in [2.24, 2.45) is 5.92 Å². The molecule has 0 saturated carbocycles. The molecule has 5 rings (SSSR count). The zero-order valence-electron chi connectivity index (χ0n) is 15.3. The van der Waals surface area contributed by atoms with Crippen LogP contribution in [0.1, 0.15) is 21.9 Å². The molecule has 8 heteroatoms. The van der Waals surface area contributed by atoms with Gasteiger partial charge in [-0.15, -0.1) is 11.3 Å². The van der Waals surface area contributed by atoms with Gasteiger partial charge in [-0.2, -0.15) is 0 Å². The topological polar surface area (TPSA) is 65.5 Å². The number of rotatable bonds is 3. The van der Waals surface area contributed by atoms with Crippen molar-refractivity contribution in [3.63, 3.8) is 0 Å². The summed E-state index contributed by atoms with van der Waals surface area (Å²) >= 11 is 1.68. The number of urea groups is 1. The minimum Gasteiger partial charge on any atom is -0.334 e. The van der Waals surface area contributed by atoms with Crippen LogP contribution in [-0.4, -0.2) is 45.9 Å². The minimum atomic E-state index is -0.353. The van der Waals surface area contributed by atoms with Gasteiger partial charge in [0.25, 0.3) is 0 Å². The van der Waals surface area contributed by atoms with E-state index in [1.807, 2.05) is 18.0 Å². The number of thiazole rings is 1. The number of anilines is 1. The van der Waals surface area contributed by atoms with Crippen molar-refractivity contribution in [3.8, 4) is 0 Å². The maximum absolute atomic E-state index is 13.5. The van der Waals surface area contributed by atoms with Crippen molar-refractivity contribution >= 4 is 34.5 Å². The number of hydrogen-bond donors (Lipinski definition) is 1. The molecule has 6 nitrogen and oxygen atoms in total. The van der Waals surface area contributed by atoms with Crippen molar-refractivity contribution in [1.82, 2.24) is 14.8 Å². The minimum absolute atomic E-state index is 0.00611. The molecule has 2 aliphatic heterocycles. The number of carbonyl (C=O) groups excluding carboxylic acids is 2. The Morgan fingerprint density at radius 2 is 2.29 bits per heavy atom. The van der Waals surface area contributed by atoms with E-state index in [9.17, 15) is 14.0 Å². The number of halogens is 1. The second-order valence-corrected chi connectivity index (χ2v) is 8.73. The number of likely N-dealkylation sites (tertiary alicyclic amines) is 1. The van der Waals surface area contributed by atoms with Crippen molar-refractivity contribution in [2.45, 2.75) is 25.9 Å². The predicted molar refractivity (Wildman–Crippen MR) is 104 cm³/mol. The van der Waals surface area contributed by atoms with Crippen LogP contribution in [0.4, 0.5) is 14.9 Å². The molecule has 1 aromatic heterocycles. The first-order valence-electron chi connectivity index (χ1n) is 9.26. The molecule has 3 amide bonds. The summed E-state index contributed by atoms with van der Waals surface area (Å²) in [4.78, 5) is 34.0. The Kier molecular flexibility index (Phi) is 3.97. The predicted octanol–water partition coefficient (Wildman–Crippen LogP) is 3.25. The maximum Gasteiger partial charge on any atom is 0.322 e. The van der Waals surface area contributed by atoms with E-state index in [1.54, 1.807) is 17.4 Å². The van der Waals surface area contributed by atoms with Gasteiger partial charge in [0.2, 0.25) is 5.91 Å². The van der Waals surface area contributed by atoms with Crippen LogP contribution in [0.5, 0.6) is 0 Å². The molecule has 0 radical (unpaired) electrons. The first-order chi connectivity index (χ1) is 13.5. The van der Waals surface area contributed by atoms with Gasteiger partial charge in [0.1, 0.15) is 12.4 Å².